The van der Waals surface area contributed by atoms with Crippen molar-refractivity contribution in [1.29, 1.82) is 0 Å². The van der Waals surface area contributed by atoms with E-state index in [1.807, 2.05) is 0 Å². The van der Waals surface area contributed by atoms with E-state index in [1.165, 1.54) is 0 Å². The molecule has 0 aromatic heterocycles. The van der Waals surface area contributed by atoms with Gasteiger partial charge in [-0.2, -0.15) is 0 Å². The summed E-state index contributed by atoms with van der Waals surface area (Å²) in [6.45, 7) is 1.45. The number of rotatable bonds is 4. The molecule has 0 aliphatic heterocycles. The van der Waals surface area contributed by atoms with Crippen molar-refractivity contribution in [2.24, 2.45) is 0 Å². The Morgan fingerprint density at radius 1 is 1.30 bits per heavy atom. The molecule has 0 amide bonds. The van der Waals surface area contributed by atoms with Crippen molar-refractivity contribution < 1.29 is 33.4 Å². The van der Waals surface area contributed by atoms with Crippen LogP contribution in [0.4, 0.5) is 0 Å². The molecular weight excluding hydrogens is 224 g/mol. The Hall–Kier alpha value is 1.15. The third-order valence-corrected chi connectivity index (χ3v) is 2.39. The first-order valence-electron chi connectivity index (χ1n) is 2.74. The SMILES string of the molecule is CCOP(O)(=S)OCC.[Zn]. The Bertz CT molecular complexity index is 111. The predicted molar refractivity (Wildman–Crippen MR) is 39.8 cm³/mol. The third kappa shape index (κ3) is 7.26. The maximum Gasteiger partial charge on any atom is 0.324 e. The van der Waals surface area contributed by atoms with Crippen molar-refractivity contribution in [3.8, 4) is 0 Å². The Balaban J connectivity index is 0. The zero-order valence-electron chi connectivity index (χ0n) is 6.24. The molecule has 0 atom stereocenters. The summed E-state index contributed by atoms with van der Waals surface area (Å²) in [5.74, 6) is 0. The van der Waals surface area contributed by atoms with E-state index in [0.717, 1.165) is 0 Å². The summed E-state index contributed by atoms with van der Waals surface area (Å²) in [6.07, 6.45) is 0. The van der Waals surface area contributed by atoms with Gasteiger partial charge in [0, 0.05) is 19.5 Å². The van der Waals surface area contributed by atoms with Crippen molar-refractivity contribution in [3.05, 3.63) is 0 Å². The van der Waals surface area contributed by atoms with Crippen molar-refractivity contribution in [2.45, 2.75) is 13.8 Å². The van der Waals surface area contributed by atoms with E-state index in [4.69, 9.17) is 13.9 Å². The summed E-state index contributed by atoms with van der Waals surface area (Å²) < 4.78 is 9.46. The van der Waals surface area contributed by atoms with Gasteiger partial charge in [0.05, 0.1) is 13.2 Å². The van der Waals surface area contributed by atoms with Crippen molar-refractivity contribution >= 4 is 18.5 Å². The van der Waals surface area contributed by atoms with Crippen LogP contribution < -0.4 is 0 Å². The molecule has 0 bridgehead atoms. The third-order valence-electron chi connectivity index (χ3n) is 0.584. The fourth-order valence-electron chi connectivity index (χ4n) is 0.364. The molecule has 0 heterocycles. The molecule has 10 heavy (non-hydrogen) atoms. The fourth-order valence-corrected chi connectivity index (χ4v) is 1.72. The van der Waals surface area contributed by atoms with Crippen molar-refractivity contribution in [2.75, 3.05) is 13.2 Å². The van der Waals surface area contributed by atoms with Crippen LogP contribution in [0.5, 0.6) is 0 Å². The van der Waals surface area contributed by atoms with E-state index < -0.39 is 6.72 Å². The van der Waals surface area contributed by atoms with Crippen LogP contribution in [-0.4, -0.2) is 18.1 Å². The molecule has 0 aromatic rings. The standard InChI is InChI=1S/C4H11O3PS.Zn/c1-3-6-8(5,9)7-4-2;/h3-4H2,1-2H3,(H,5,9);. The molecular formula is C4H11O3PSZn. The molecule has 0 aliphatic carbocycles. The summed E-state index contributed by atoms with van der Waals surface area (Å²) in [4.78, 5) is 9.00. The van der Waals surface area contributed by atoms with E-state index in [-0.39, 0.29) is 19.5 Å². The van der Waals surface area contributed by atoms with Crippen LogP contribution in [0.3, 0.4) is 0 Å². The molecule has 6 heteroatoms. The predicted octanol–water partition coefficient (Wildman–Crippen LogP) is 1.27. The Morgan fingerprint density at radius 3 is 1.80 bits per heavy atom. The smallest absolute Gasteiger partial charge is 0.324 e. The Kier molecular flexibility index (Phi) is 9.38. The topological polar surface area (TPSA) is 38.7 Å². The van der Waals surface area contributed by atoms with Crippen LogP contribution in [0.2, 0.25) is 0 Å². The molecule has 0 aliphatic rings. The van der Waals surface area contributed by atoms with Gasteiger partial charge >= 0.3 is 6.72 Å². The molecule has 1 N–H and O–H groups in total. The fraction of sp³-hybridized carbons (Fsp3) is 1.00. The van der Waals surface area contributed by atoms with Crippen molar-refractivity contribution in [1.82, 2.24) is 0 Å². The monoisotopic (exact) mass is 234 g/mol. The van der Waals surface area contributed by atoms with E-state index in [0.29, 0.717) is 13.2 Å². The van der Waals surface area contributed by atoms with Gasteiger partial charge in [-0.3, -0.25) is 0 Å². The van der Waals surface area contributed by atoms with Gasteiger partial charge in [0.25, 0.3) is 0 Å². The van der Waals surface area contributed by atoms with Crippen LogP contribution in [-0.2, 0) is 40.3 Å². The first kappa shape index (κ1) is 13.7. The van der Waals surface area contributed by atoms with Crippen LogP contribution in [0, 0.1) is 0 Å². The molecule has 0 radical (unpaired) electrons. The van der Waals surface area contributed by atoms with Crippen LogP contribution in [0.1, 0.15) is 13.8 Å². The van der Waals surface area contributed by atoms with Crippen LogP contribution in [0.15, 0.2) is 0 Å². The van der Waals surface area contributed by atoms with Gasteiger partial charge in [0.2, 0.25) is 0 Å². The second kappa shape index (κ2) is 6.84. The average Bonchev–Trinajstić information content (AvgIpc) is 1.64. The van der Waals surface area contributed by atoms with E-state index in [2.05, 4.69) is 11.8 Å². The molecule has 0 spiro atoms. The second-order valence-electron chi connectivity index (χ2n) is 1.30. The van der Waals surface area contributed by atoms with E-state index >= 15 is 0 Å². The zero-order chi connectivity index (χ0) is 7.33. The molecule has 0 saturated carbocycles. The molecule has 0 unspecified atom stereocenters. The van der Waals surface area contributed by atoms with Gasteiger partial charge < -0.3 is 13.9 Å². The van der Waals surface area contributed by atoms with Gasteiger partial charge in [-0.1, -0.05) is 0 Å². The summed E-state index contributed by atoms with van der Waals surface area (Å²) >= 11 is 4.56. The molecule has 0 fully saturated rings. The molecule has 3 nitrogen and oxygen atoms in total. The number of hydrogen-bond donors (Lipinski definition) is 1. The first-order chi connectivity index (χ1) is 4.12. The molecule has 0 saturated heterocycles. The Labute approximate surface area is 79.1 Å². The summed E-state index contributed by atoms with van der Waals surface area (Å²) in [5, 5.41) is 0. The molecule has 0 rings (SSSR count). The van der Waals surface area contributed by atoms with Gasteiger partial charge in [-0.05, 0) is 25.7 Å². The van der Waals surface area contributed by atoms with E-state index in [1.54, 1.807) is 13.8 Å². The minimum absolute atomic E-state index is 0. The number of hydrogen-bond acceptors (Lipinski definition) is 3. The summed E-state index contributed by atoms with van der Waals surface area (Å²) in [5.41, 5.74) is 0. The summed E-state index contributed by atoms with van der Waals surface area (Å²) in [6, 6.07) is 0. The van der Waals surface area contributed by atoms with Crippen molar-refractivity contribution in [3.63, 3.8) is 0 Å². The quantitative estimate of drug-likeness (QED) is 0.588. The maximum absolute atomic E-state index is 9.00. The summed E-state index contributed by atoms with van der Waals surface area (Å²) in [7, 11) is 0. The largest absolute Gasteiger partial charge is 0.324 e. The minimum atomic E-state index is -2.86. The van der Waals surface area contributed by atoms with Gasteiger partial charge in [-0.25, -0.2) is 0 Å². The maximum atomic E-state index is 9.00. The average molecular weight is 236 g/mol. The zero-order valence-corrected chi connectivity index (χ0v) is 10.9. The normalized spacial score (nSPS) is 10.7. The van der Waals surface area contributed by atoms with E-state index in [9.17, 15) is 0 Å². The second-order valence-corrected chi connectivity index (χ2v) is 4.14. The van der Waals surface area contributed by atoms with Gasteiger partial charge in [0.1, 0.15) is 0 Å². The van der Waals surface area contributed by atoms with Crippen LogP contribution >= 0.6 is 6.72 Å². The van der Waals surface area contributed by atoms with Gasteiger partial charge in [0.15, 0.2) is 0 Å². The Morgan fingerprint density at radius 2 is 1.60 bits per heavy atom. The minimum Gasteiger partial charge on any atom is -0.324 e. The molecule has 0 aromatic carbocycles. The van der Waals surface area contributed by atoms with Crippen LogP contribution in [0.25, 0.3) is 0 Å². The van der Waals surface area contributed by atoms with Gasteiger partial charge in [-0.15, -0.1) is 0 Å². The molecule has 58 valence electrons. The first-order valence-corrected chi connectivity index (χ1v) is 5.33.